The van der Waals surface area contributed by atoms with E-state index < -0.39 is 23.3 Å². The first-order valence-electron chi connectivity index (χ1n) is 10.9. The SMILES string of the molecule is COC[C@H](NC(=O)c1cc(F)cc(CN2C(=O)C[C@@](C)(C(C)C)N=C2N)c1)c1ccccc1. The van der Waals surface area contributed by atoms with Gasteiger partial charge in [-0.25, -0.2) is 9.38 Å². The van der Waals surface area contributed by atoms with Gasteiger partial charge in [-0.1, -0.05) is 44.2 Å². The second-order valence-electron chi connectivity index (χ2n) is 8.88. The lowest BCUT2D eigenvalue weighted by Crippen LogP contribution is -2.51. The number of nitrogens with zero attached hydrogens (tertiary/aromatic N) is 2. The molecule has 0 aromatic heterocycles. The molecular formula is C25H31FN4O3. The lowest BCUT2D eigenvalue weighted by molar-refractivity contribution is -0.130. The summed E-state index contributed by atoms with van der Waals surface area (Å²) in [5.74, 6) is -0.968. The summed E-state index contributed by atoms with van der Waals surface area (Å²) in [6.45, 7) is 6.17. The molecule has 0 fully saturated rings. The molecule has 1 aliphatic rings. The molecule has 8 heteroatoms. The standard InChI is InChI=1S/C25H31FN4O3/c1-16(2)25(3)13-22(31)30(24(27)29-25)14-17-10-19(12-20(26)11-17)23(32)28-21(15-33-4)18-8-6-5-7-9-18/h5-12,16,21H,13-15H2,1-4H3,(H2,27,29)(H,28,32)/t21-,25-/m0/s1. The zero-order chi connectivity index (χ0) is 24.2. The molecule has 176 valence electrons. The molecule has 33 heavy (non-hydrogen) atoms. The maximum Gasteiger partial charge on any atom is 0.251 e. The van der Waals surface area contributed by atoms with E-state index in [0.717, 1.165) is 5.56 Å². The Kier molecular flexibility index (Phi) is 7.48. The van der Waals surface area contributed by atoms with Crippen molar-refractivity contribution in [1.82, 2.24) is 10.2 Å². The molecule has 2 aromatic rings. The van der Waals surface area contributed by atoms with Crippen LogP contribution in [0.1, 0.15) is 54.7 Å². The lowest BCUT2D eigenvalue weighted by atomic mass is 9.84. The van der Waals surface area contributed by atoms with E-state index in [1.165, 1.54) is 17.0 Å². The summed E-state index contributed by atoms with van der Waals surface area (Å²) >= 11 is 0. The summed E-state index contributed by atoms with van der Waals surface area (Å²) in [6, 6.07) is 13.0. The molecule has 0 aliphatic carbocycles. The van der Waals surface area contributed by atoms with Crippen LogP contribution in [0.5, 0.6) is 0 Å². The number of benzene rings is 2. The summed E-state index contributed by atoms with van der Waals surface area (Å²) < 4.78 is 19.6. The van der Waals surface area contributed by atoms with E-state index >= 15 is 0 Å². The average Bonchev–Trinajstić information content (AvgIpc) is 2.76. The van der Waals surface area contributed by atoms with Crippen molar-refractivity contribution >= 4 is 17.8 Å². The van der Waals surface area contributed by atoms with Crippen LogP contribution in [-0.2, 0) is 16.1 Å². The van der Waals surface area contributed by atoms with E-state index in [1.54, 1.807) is 13.2 Å². The number of carbonyl (C=O) groups is 2. The third-order valence-electron chi connectivity index (χ3n) is 6.10. The summed E-state index contributed by atoms with van der Waals surface area (Å²) in [5, 5.41) is 2.89. The minimum absolute atomic E-state index is 0.0283. The van der Waals surface area contributed by atoms with Crippen molar-refractivity contribution < 1.29 is 18.7 Å². The third kappa shape index (κ3) is 5.76. The van der Waals surface area contributed by atoms with Crippen LogP contribution in [0, 0.1) is 11.7 Å². The first-order chi connectivity index (χ1) is 15.6. The highest BCUT2D eigenvalue weighted by Crippen LogP contribution is 2.30. The first kappa shape index (κ1) is 24.4. The van der Waals surface area contributed by atoms with Crippen LogP contribution in [0.2, 0.25) is 0 Å². The number of nitrogens with two attached hydrogens (primary N) is 1. The Bertz CT molecular complexity index is 1040. The Balaban J connectivity index is 1.81. The highest BCUT2D eigenvalue weighted by Gasteiger charge is 2.38. The predicted molar refractivity (Wildman–Crippen MR) is 125 cm³/mol. The Hall–Kier alpha value is -3.26. The van der Waals surface area contributed by atoms with Crippen LogP contribution in [0.4, 0.5) is 4.39 Å². The second-order valence-corrected chi connectivity index (χ2v) is 8.88. The van der Waals surface area contributed by atoms with Crippen molar-refractivity contribution in [3.05, 3.63) is 71.0 Å². The summed E-state index contributed by atoms with van der Waals surface area (Å²) in [6.07, 6.45) is 0.212. The molecule has 7 nitrogen and oxygen atoms in total. The minimum Gasteiger partial charge on any atom is -0.382 e. The number of ether oxygens (including phenoxy) is 1. The number of hydrogen-bond donors (Lipinski definition) is 2. The molecule has 0 saturated heterocycles. The molecular weight excluding hydrogens is 423 g/mol. The molecule has 2 aromatic carbocycles. The van der Waals surface area contributed by atoms with E-state index in [9.17, 15) is 14.0 Å². The second kappa shape index (κ2) is 10.1. The zero-order valence-corrected chi connectivity index (χ0v) is 19.5. The number of guanidine groups is 1. The van der Waals surface area contributed by atoms with E-state index in [0.29, 0.717) is 5.56 Å². The van der Waals surface area contributed by atoms with Crippen molar-refractivity contribution in [1.29, 1.82) is 0 Å². The Labute approximate surface area is 193 Å². The highest BCUT2D eigenvalue weighted by atomic mass is 19.1. The summed E-state index contributed by atoms with van der Waals surface area (Å²) in [7, 11) is 1.55. The molecule has 1 aliphatic heterocycles. The van der Waals surface area contributed by atoms with Crippen molar-refractivity contribution in [3.8, 4) is 0 Å². The third-order valence-corrected chi connectivity index (χ3v) is 6.10. The van der Waals surface area contributed by atoms with Crippen LogP contribution in [0.25, 0.3) is 0 Å². The van der Waals surface area contributed by atoms with Gasteiger partial charge in [0.1, 0.15) is 5.82 Å². The molecule has 2 amide bonds. The van der Waals surface area contributed by atoms with Gasteiger partial charge in [-0.05, 0) is 42.2 Å². The smallest absolute Gasteiger partial charge is 0.251 e. The van der Waals surface area contributed by atoms with Crippen LogP contribution >= 0.6 is 0 Å². The zero-order valence-electron chi connectivity index (χ0n) is 19.5. The normalized spacial score (nSPS) is 19.4. The molecule has 3 rings (SSSR count). The van der Waals surface area contributed by atoms with Gasteiger partial charge in [-0.2, -0.15) is 0 Å². The fourth-order valence-corrected chi connectivity index (χ4v) is 3.76. The molecule has 0 bridgehead atoms. The molecule has 0 spiro atoms. The summed E-state index contributed by atoms with van der Waals surface area (Å²) in [4.78, 5) is 31.6. The van der Waals surface area contributed by atoms with Crippen LogP contribution in [-0.4, -0.2) is 41.9 Å². The topological polar surface area (TPSA) is 97.0 Å². The minimum atomic E-state index is -0.576. The number of aliphatic imine (C=N–C) groups is 1. The van der Waals surface area contributed by atoms with Gasteiger partial charge < -0.3 is 15.8 Å². The maximum atomic E-state index is 14.4. The predicted octanol–water partition coefficient (Wildman–Crippen LogP) is 3.40. The lowest BCUT2D eigenvalue weighted by Gasteiger charge is -2.37. The summed E-state index contributed by atoms with van der Waals surface area (Å²) in [5.41, 5.74) is 7.00. The van der Waals surface area contributed by atoms with Gasteiger partial charge in [-0.3, -0.25) is 14.5 Å². The van der Waals surface area contributed by atoms with Gasteiger partial charge in [0.05, 0.1) is 31.2 Å². The maximum absolute atomic E-state index is 14.4. The Morgan fingerprint density at radius 3 is 2.58 bits per heavy atom. The molecule has 0 unspecified atom stereocenters. The Morgan fingerprint density at radius 2 is 1.97 bits per heavy atom. The average molecular weight is 455 g/mol. The monoisotopic (exact) mass is 454 g/mol. The van der Waals surface area contributed by atoms with Crippen molar-refractivity contribution in [3.63, 3.8) is 0 Å². The van der Waals surface area contributed by atoms with E-state index in [1.807, 2.05) is 51.1 Å². The van der Waals surface area contributed by atoms with Gasteiger partial charge in [0.15, 0.2) is 5.96 Å². The first-order valence-corrected chi connectivity index (χ1v) is 10.9. The number of rotatable bonds is 8. The van der Waals surface area contributed by atoms with Crippen LogP contribution < -0.4 is 11.1 Å². The Morgan fingerprint density at radius 1 is 1.27 bits per heavy atom. The number of hydrogen-bond acceptors (Lipinski definition) is 5. The quantitative estimate of drug-likeness (QED) is 0.639. The van der Waals surface area contributed by atoms with Gasteiger partial charge in [0.2, 0.25) is 5.91 Å². The fraction of sp³-hybridized carbons (Fsp3) is 0.400. The number of halogens is 1. The van der Waals surface area contributed by atoms with E-state index in [2.05, 4.69) is 10.3 Å². The van der Waals surface area contributed by atoms with E-state index in [4.69, 9.17) is 10.5 Å². The number of methoxy groups -OCH3 is 1. The molecule has 2 atom stereocenters. The molecule has 3 N–H and O–H groups in total. The van der Waals surface area contributed by atoms with Gasteiger partial charge in [-0.15, -0.1) is 0 Å². The van der Waals surface area contributed by atoms with Crippen LogP contribution in [0.3, 0.4) is 0 Å². The highest BCUT2D eigenvalue weighted by molar-refractivity contribution is 5.99. The van der Waals surface area contributed by atoms with Gasteiger partial charge >= 0.3 is 0 Å². The van der Waals surface area contributed by atoms with E-state index in [-0.39, 0.29) is 42.9 Å². The number of amides is 2. The van der Waals surface area contributed by atoms with Gasteiger partial charge in [0, 0.05) is 12.7 Å². The molecule has 0 radical (unpaired) electrons. The molecule has 1 heterocycles. The van der Waals surface area contributed by atoms with Crippen LogP contribution in [0.15, 0.2) is 53.5 Å². The molecule has 0 saturated carbocycles. The van der Waals surface area contributed by atoms with Crippen molar-refractivity contribution in [2.24, 2.45) is 16.6 Å². The fourth-order valence-electron chi connectivity index (χ4n) is 3.76. The largest absolute Gasteiger partial charge is 0.382 e. The van der Waals surface area contributed by atoms with Gasteiger partial charge in [0.25, 0.3) is 5.91 Å². The van der Waals surface area contributed by atoms with Crippen molar-refractivity contribution in [2.75, 3.05) is 13.7 Å². The number of carbonyl (C=O) groups excluding carboxylic acids is 2. The van der Waals surface area contributed by atoms with Crippen molar-refractivity contribution in [2.45, 2.75) is 45.3 Å². The number of nitrogens with one attached hydrogen (secondary N) is 1.